The van der Waals surface area contributed by atoms with Crippen molar-refractivity contribution >= 4 is 10.1 Å². The maximum atomic E-state index is 10.6. The summed E-state index contributed by atoms with van der Waals surface area (Å²) in [5, 5.41) is 0. The first-order chi connectivity index (χ1) is 6.04. The largest absolute Gasteiger partial charge is 1.00 e. The minimum Gasteiger partial charge on any atom is -1.00 e. The maximum absolute atomic E-state index is 10.6. The van der Waals surface area contributed by atoms with E-state index in [0.29, 0.717) is 5.75 Å². The van der Waals surface area contributed by atoms with Crippen LogP contribution in [0.4, 0.5) is 0 Å². The molecule has 72 valence electrons. The number of hydrogen-bond acceptors (Lipinski definition) is 3. The molecule has 0 fully saturated rings. The van der Waals surface area contributed by atoms with Crippen LogP contribution < -0.4 is 34.3 Å². The number of hydrogen-bond donors (Lipinski definition) is 1. The molecule has 1 aromatic rings. The molecule has 1 rings (SSSR count). The van der Waals surface area contributed by atoms with Crippen LogP contribution >= 0.6 is 0 Å². The molecule has 0 saturated heterocycles. The second-order valence-corrected chi connectivity index (χ2v) is 3.65. The van der Waals surface area contributed by atoms with Gasteiger partial charge in [0.15, 0.2) is 0 Å². The summed E-state index contributed by atoms with van der Waals surface area (Å²) in [5.74, 6) is 0.461. The van der Waals surface area contributed by atoms with Gasteiger partial charge in [-0.15, -0.1) is 0 Å². The van der Waals surface area contributed by atoms with Gasteiger partial charge < -0.3 is 6.16 Å². The van der Waals surface area contributed by atoms with Crippen molar-refractivity contribution in [2.45, 2.75) is 4.90 Å². The summed E-state index contributed by atoms with van der Waals surface area (Å²) in [6, 6.07) is 5.33. The molecule has 0 spiro atoms. The average molecular weight is 224 g/mol. The summed E-state index contributed by atoms with van der Waals surface area (Å²) in [5.41, 5.74) is 0. The van der Waals surface area contributed by atoms with E-state index in [9.17, 15) is 8.42 Å². The van der Waals surface area contributed by atoms with E-state index in [4.69, 9.17) is 9.29 Å². The molecule has 0 aliphatic rings. The zero-order valence-electron chi connectivity index (χ0n) is 8.67. The van der Waals surface area contributed by atoms with Crippen LogP contribution in [0.25, 0.3) is 0 Å². The summed E-state index contributed by atoms with van der Waals surface area (Å²) in [6.07, 6.45) is 1.22. The van der Waals surface area contributed by atoms with E-state index in [1.807, 2.05) is 0 Å². The molecular formula is C8H9NaO4S. The van der Waals surface area contributed by atoms with Gasteiger partial charge in [0, 0.05) is 0 Å². The predicted molar refractivity (Wildman–Crippen MR) is 48.2 cm³/mol. The molecule has 0 aliphatic carbocycles. The Morgan fingerprint density at radius 3 is 2.21 bits per heavy atom. The first kappa shape index (κ1) is 13.7. The first-order valence-corrected chi connectivity index (χ1v) is 4.83. The summed E-state index contributed by atoms with van der Waals surface area (Å²) < 4.78 is 34.7. The predicted octanol–water partition coefficient (Wildman–Crippen LogP) is -1.43. The van der Waals surface area contributed by atoms with Gasteiger partial charge in [-0.2, -0.15) is 8.42 Å². The smallest absolute Gasteiger partial charge is 1.00 e. The molecule has 0 amide bonds. The molecule has 0 aromatic heterocycles. The standard InChI is InChI=1S/C8H8O4S.Na.H/c1-2-12-7-3-5-8(6-4-7)13(9,10)11;;/h2-6H,1H2,(H,9,10,11);;/q;+1;-1. The molecule has 0 unspecified atom stereocenters. The van der Waals surface area contributed by atoms with Crippen molar-refractivity contribution in [3.63, 3.8) is 0 Å². The third-order valence-corrected chi connectivity index (χ3v) is 2.21. The molecule has 1 aromatic carbocycles. The van der Waals surface area contributed by atoms with Crippen LogP contribution in [0.2, 0.25) is 0 Å². The van der Waals surface area contributed by atoms with Gasteiger partial charge in [-0.3, -0.25) is 4.55 Å². The minimum absolute atomic E-state index is 0. The first-order valence-electron chi connectivity index (χ1n) is 3.39. The van der Waals surface area contributed by atoms with E-state index in [1.54, 1.807) is 0 Å². The average Bonchev–Trinajstić information content (AvgIpc) is 2.04. The normalized spacial score (nSPS) is 10.1. The van der Waals surface area contributed by atoms with Gasteiger partial charge in [0.1, 0.15) is 5.75 Å². The van der Waals surface area contributed by atoms with Crippen LogP contribution in [0.1, 0.15) is 1.43 Å². The van der Waals surface area contributed by atoms with E-state index in [0.717, 1.165) is 0 Å². The Labute approximate surface area is 106 Å². The zero-order chi connectivity index (χ0) is 9.90. The fraction of sp³-hybridized carbons (Fsp3) is 0. The van der Waals surface area contributed by atoms with Crippen LogP contribution in [-0.2, 0) is 10.1 Å². The molecule has 0 heterocycles. The molecule has 0 atom stereocenters. The van der Waals surface area contributed by atoms with Crippen LogP contribution in [0, 0.1) is 0 Å². The minimum atomic E-state index is -4.12. The molecule has 6 heteroatoms. The zero-order valence-corrected chi connectivity index (χ0v) is 10.5. The third-order valence-electron chi connectivity index (χ3n) is 1.34. The van der Waals surface area contributed by atoms with Crippen LogP contribution in [0.3, 0.4) is 0 Å². The van der Waals surface area contributed by atoms with Gasteiger partial charge in [-0.05, 0) is 24.3 Å². The van der Waals surface area contributed by atoms with Gasteiger partial charge in [-0.25, -0.2) is 0 Å². The quantitative estimate of drug-likeness (QED) is 0.388. The Balaban J connectivity index is 0. The molecule has 0 radical (unpaired) electrons. The summed E-state index contributed by atoms with van der Waals surface area (Å²) in [7, 11) is -4.12. The second kappa shape index (κ2) is 5.53. The van der Waals surface area contributed by atoms with E-state index in [2.05, 4.69) is 6.58 Å². The Morgan fingerprint density at radius 2 is 1.86 bits per heavy atom. The van der Waals surface area contributed by atoms with Gasteiger partial charge in [-0.1, -0.05) is 6.58 Å². The Hall–Kier alpha value is -0.330. The molecule has 4 nitrogen and oxygen atoms in total. The van der Waals surface area contributed by atoms with E-state index in [1.165, 1.54) is 30.5 Å². The SMILES string of the molecule is C=COc1ccc(S(=O)(=O)O)cc1.[H-].[Na+]. The van der Waals surface area contributed by atoms with Gasteiger partial charge in [0.05, 0.1) is 11.2 Å². The molecule has 0 bridgehead atoms. The number of ether oxygens (including phenoxy) is 1. The van der Waals surface area contributed by atoms with Crippen molar-refractivity contribution in [3.05, 3.63) is 37.1 Å². The van der Waals surface area contributed by atoms with Crippen molar-refractivity contribution in [1.82, 2.24) is 0 Å². The van der Waals surface area contributed by atoms with Gasteiger partial charge in [0.2, 0.25) is 0 Å². The van der Waals surface area contributed by atoms with E-state index in [-0.39, 0.29) is 35.9 Å². The van der Waals surface area contributed by atoms with Crippen molar-refractivity contribution in [2.24, 2.45) is 0 Å². The molecular weight excluding hydrogens is 215 g/mol. The summed E-state index contributed by atoms with van der Waals surface area (Å²) >= 11 is 0. The molecule has 14 heavy (non-hydrogen) atoms. The Bertz CT molecular complexity index is 401. The van der Waals surface area contributed by atoms with Crippen LogP contribution in [-0.4, -0.2) is 13.0 Å². The number of benzene rings is 1. The van der Waals surface area contributed by atoms with Gasteiger partial charge in [0.25, 0.3) is 10.1 Å². The fourth-order valence-electron chi connectivity index (χ4n) is 0.786. The molecule has 0 saturated carbocycles. The van der Waals surface area contributed by atoms with Crippen molar-refractivity contribution in [3.8, 4) is 5.75 Å². The Kier molecular flexibility index (Phi) is 5.40. The molecule has 0 aliphatic heterocycles. The van der Waals surface area contributed by atoms with Crippen molar-refractivity contribution in [1.29, 1.82) is 0 Å². The molecule has 1 N–H and O–H groups in total. The maximum Gasteiger partial charge on any atom is 1.00 e. The summed E-state index contributed by atoms with van der Waals surface area (Å²) in [6.45, 7) is 3.34. The number of rotatable bonds is 3. The Morgan fingerprint density at radius 1 is 1.36 bits per heavy atom. The van der Waals surface area contributed by atoms with E-state index >= 15 is 0 Å². The third kappa shape index (κ3) is 3.81. The summed E-state index contributed by atoms with van der Waals surface area (Å²) in [4.78, 5) is -0.163. The van der Waals surface area contributed by atoms with E-state index < -0.39 is 10.1 Å². The van der Waals surface area contributed by atoms with Gasteiger partial charge >= 0.3 is 29.6 Å². The van der Waals surface area contributed by atoms with Crippen molar-refractivity contribution in [2.75, 3.05) is 0 Å². The second-order valence-electron chi connectivity index (χ2n) is 2.23. The fourth-order valence-corrected chi connectivity index (χ4v) is 1.27. The topological polar surface area (TPSA) is 63.6 Å². The van der Waals surface area contributed by atoms with Crippen molar-refractivity contribution < 1.29 is 48.7 Å². The monoisotopic (exact) mass is 224 g/mol. The van der Waals surface area contributed by atoms with Crippen LogP contribution in [0.5, 0.6) is 5.75 Å². The van der Waals surface area contributed by atoms with Crippen LogP contribution in [0.15, 0.2) is 42.0 Å².